The van der Waals surface area contributed by atoms with Crippen LogP contribution in [0.3, 0.4) is 0 Å². The van der Waals surface area contributed by atoms with Gasteiger partial charge in [0.1, 0.15) is 4.34 Å². The van der Waals surface area contributed by atoms with Crippen molar-refractivity contribution in [2.24, 2.45) is 0 Å². The van der Waals surface area contributed by atoms with E-state index in [-0.39, 0.29) is 23.4 Å². The number of benzene rings is 1. The molecule has 5 rings (SSSR count). The van der Waals surface area contributed by atoms with Gasteiger partial charge in [0.2, 0.25) is 15.9 Å². The average Bonchev–Trinajstić information content (AvgIpc) is 3.61. The molecule has 3 amide bonds. The molecule has 35 heavy (non-hydrogen) atoms. The predicted molar refractivity (Wildman–Crippen MR) is 137 cm³/mol. The fourth-order valence-electron chi connectivity index (χ4n) is 4.62. The molecule has 2 aliphatic rings. The Morgan fingerprint density at radius 2 is 2.09 bits per heavy atom. The topological polar surface area (TPSA) is 112 Å². The van der Waals surface area contributed by atoms with E-state index in [1.165, 1.54) is 30.5 Å². The normalized spacial score (nSPS) is 19.4. The van der Waals surface area contributed by atoms with Crippen molar-refractivity contribution in [3.05, 3.63) is 56.7 Å². The first kappa shape index (κ1) is 24.2. The fraction of sp³-hybridized carbons (Fsp3) is 0.318. The van der Waals surface area contributed by atoms with E-state index < -0.39 is 15.4 Å². The minimum absolute atomic E-state index is 0.0508. The molecule has 0 aliphatic carbocycles. The second-order valence-corrected chi connectivity index (χ2v) is 13.0. The minimum atomic E-state index is -3.78. The van der Waals surface area contributed by atoms with Gasteiger partial charge in [-0.2, -0.15) is 0 Å². The molecule has 9 nitrogen and oxygen atoms in total. The summed E-state index contributed by atoms with van der Waals surface area (Å²) in [5.74, 6) is -0.0508. The number of carbonyl (C=O) groups excluding carboxylic acids is 2. The van der Waals surface area contributed by atoms with E-state index in [0.717, 1.165) is 21.8 Å². The summed E-state index contributed by atoms with van der Waals surface area (Å²) in [6.45, 7) is 2.99. The second-order valence-electron chi connectivity index (χ2n) is 8.54. The number of hydrogen-bond donors (Lipinski definition) is 2. The van der Waals surface area contributed by atoms with Gasteiger partial charge in [-0.3, -0.25) is 15.0 Å². The van der Waals surface area contributed by atoms with Crippen LogP contribution in [0.1, 0.15) is 23.8 Å². The van der Waals surface area contributed by atoms with Gasteiger partial charge >= 0.3 is 6.03 Å². The maximum absolute atomic E-state index is 13.2. The van der Waals surface area contributed by atoms with Gasteiger partial charge in [0.05, 0.1) is 11.1 Å². The van der Waals surface area contributed by atoms with Crippen LogP contribution in [-0.2, 0) is 26.8 Å². The zero-order valence-electron chi connectivity index (χ0n) is 18.7. The molecule has 3 aromatic rings. The number of amides is 3. The Morgan fingerprint density at radius 3 is 2.74 bits per heavy atom. The first-order valence-corrected chi connectivity index (χ1v) is 14.3. The highest BCUT2D eigenvalue weighted by atomic mass is 35.5. The number of nitrogens with one attached hydrogen (secondary N) is 2. The van der Waals surface area contributed by atoms with E-state index in [9.17, 15) is 18.0 Å². The SMILES string of the molecule is CC(=O)N1CCC2(C1)CN(C(=O)Nc1ncc(Cl)s1)c1ccc(S(=O)(=O)NCc3cccs3)cc12. The molecule has 184 valence electrons. The van der Waals surface area contributed by atoms with Gasteiger partial charge in [-0.05, 0) is 41.6 Å². The summed E-state index contributed by atoms with van der Waals surface area (Å²) < 4.78 is 29.3. The van der Waals surface area contributed by atoms with Crippen molar-refractivity contribution >= 4 is 67.1 Å². The standard InChI is InChI=1S/C22H22ClN5O4S3/c1-14(29)27-7-6-22(12-27)13-28(21(30)26-20-24-11-19(23)34-20)18-5-4-16(9-17(18)22)35(31,32)25-10-15-3-2-8-33-15/h2-5,8-9,11,25H,6-7,10,12-13H2,1H3,(H,24,26,30). The van der Waals surface area contributed by atoms with Crippen LogP contribution in [0, 0.1) is 0 Å². The van der Waals surface area contributed by atoms with Crippen LogP contribution in [0.5, 0.6) is 0 Å². The lowest BCUT2D eigenvalue weighted by molar-refractivity contribution is -0.127. The van der Waals surface area contributed by atoms with Crippen molar-refractivity contribution in [2.45, 2.75) is 30.2 Å². The number of fused-ring (bicyclic) bond motifs is 2. The lowest BCUT2D eigenvalue weighted by Crippen LogP contribution is -2.41. The minimum Gasteiger partial charge on any atom is -0.342 e. The number of thiazole rings is 1. The Morgan fingerprint density at radius 1 is 1.26 bits per heavy atom. The molecule has 0 saturated carbocycles. The summed E-state index contributed by atoms with van der Waals surface area (Å²) >= 11 is 8.56. The third-order valence-electron chi connectivity index (χ3n) is 6.35. The molecule has 13 heteroatoms. The monoisotopic (exact) mass is 551 g/mol. The molecule has 1 saturated heterocycles. The summed E-state index contributed by atoms with van der Waals surface area (Å²) in [7, 11) is -3.78. The van der Waals surface area contributed by atoms with Gasteiger partial charge in [-0.25, -0.2) is 22.9 Å². The lowest BCUT2D eigenvalue weighted by atomic mass is 9.81. The highest BCUT2D eigenvalue weighted by molar-refractivity contribution is 7.89. The van der Waals surface area contributed by atoms with Crippen molar-refractivity contribution in [1.29, 1.82) is 0 Å². The maximum atomic E-state index is 13.2. The van der Waals surface area contributed by atoms with Crippen LogP contribution in [0.25, 0.3) is 0 Å². The summed E-state index contributed by atoms with van der Waals surface area (Å²) in [5, 5.41) is 5.03. The van der Waals surface area contributed by atoms with Crippen LogP contribution in [0.15, 0.2) is 46.8 Å². The van der Waals surface area contributed by atoms with E-state index in [1.54, 1.807) is 21.9 Å². The third kappa shape index (κ3) is 4.68. The van der Waals surface area contributed by atoms with Crippen LogP contribution in [0.4, 0.5) is 15.6 Å². The van der Waals surface area contributed by atoms with Crippen molar-refractivity contribution < 1.29 is 18.0 Å². The quantitative estimate of drug-likeness (QED) is 0.500. The van der Waals surface area contributed by atoms with Gasteiger partial charge in [0, 0.05) is 49.1 Å². The molecule has 0 radical (unpaired) electrons. The summed E-state index contributed by atoms with van der Waals surface area (Å²) in [4.78, 5) is 33.7. The zero-order chi connectivity index (χ0) is 24.8. The molecular formula is C22H22ClN5O4S3. The maximum Gasteiger partial charge on any atom is 0.328 e. The Kier molecular flexibility index (Phi) is 6.34. The van der Waals surface area contributed by atoms with Gasteiger partial charge < -0.3 is 4.90 Å². The number of halogens is 1. The van der Waals surface area contributed by atoms with Crippen LogP contribution in [0.2, 0.25) is 4.34 Å². The predicted octanol–water partition coefficient (Wildman–Crippen LogP) is 3.88. The van der Waals surface area contributed by atoms with Crippen molar-refractivity contribution in [1.82, 2.24) is 14.6 Å². The fourth-order valence-corrected chi connectivity index (χ4v) is 7.19. The molecule has 1 aromatic carbocycles. The molecule has 1 atom stereocenters. The molecule has 1 spiro atoms. The molecule has 2 aromatic heterocycles. The van der Waals surface area contributed by atoms with E-state index in [1.807, 2.05) is 17.5 Å². The van der Waals surface area contributed by atoms with Gasteiger partial charge in [0.25, 0.3) is 0 Å². The van der Waals surface area contributed by atoms with Gasteiger partial charge in [-0.1, -0.05) is 29.0 Å². The summed E-state index contributed by atoms with van der Waals surface area (Å²) in [5.41, 5.74) is 0.804. The lowest BCUT2D eigenvalue weighted by Gasteiger charge is -2.25. The van der Waals surface area contributed by atoms with Crippen LogP contribution < -0.4 is 14.9 Å². The average molecular weight is 552 g/mol. The molecular weight excluding hydrogens is 530 g/mol. The number of thiophene rings is 1. The van der Waals surface area contributed by atoms with Gasteiger partial charge in [0.15, 0.2) is 5.13 Å². The number of nitrogens with zero attached hydrogens (tertiary/aromatic N) is 3. The number of sulfonamides is 1. The highest BCUT2D eigenvalue weighted by Gasteiger charge is 2.50. The third-order valence-corrected chi connectivity index (χ3v) is 9.66. The summed E-state index contributed by atoms with van der Waals surface area (Å²) in [6, 6.07) is 8.16. The Labute approximate surface area is 215 Å². The Hall–Kier alpha value is -2.51. The van der Waals surface area contributed by atoms with Crippen molar-refractivity contribution in [3.63, 3.8) is 0 Å². The molecule has 1 fully saturated rings. The first-order chi connectivity index (χ1) is 16.7. The smallest absolute Gasteiger partial charge is 0.328 e. The van der Waals surface area contributed by atoms with E-state index in [2.05, 4.69) is 15.0 Å². The van der Waals surface area contributed by atoms with Crippen LogP contribution >= 0.6 is 34.3 Å². The number of urea groups is 1. The zero-order valence-corrected chi connectivity index (χ0v) is 21.9. The molecule has 1 unspecified atom stereocenters. The van der Waals surface area contributed by atoms with Gasteiger partial charge in [-0.15, -0.1) is 11.3 Å². The number of likely N-dealkylation sites (tertiary alicyclic amines) is 1. The largest absolute Gasteiger partial charge is 0.342 e. The first-order valence-electron chi connectivity index (χ1n) is 10.8. The highest BCUT2D eigenvalue weighted by Crippen LogP contribution is 2.47. The van der Waals surface area contributed by atoms with E-state index in [4.69, 9.17) is 11.6 Å². The van der Waals surface area contributed by atoms with Crippen molar-refractivity contribution in [2.75, 3.05) is 29.9 Å². The number of rotatable bonds is 5. The number of hydrogen-bond acceptors (Lipinski definition) is 7. The molecule has 4 heterocycles. The molecule has 2 aliphatic heterocycles. The Balaban J connectivity index is 1.48. The van der Waals surface area contributed by atoms with Crippen molar-refractivity contribution in [3.8, 4) is 0 Å². The molecule has 2 N–H and O–H groups in total. The Bertz CT molecular complexity index is 1390. The van der Waals surface area contributed by atoms with E-state index >= 15 is 0 Å². The van der Waals surface area contributed by atoms with Crippen LogP contribution in [-0.4, -0.2) is 49.9 Å². The molecule has 0 bridgehead atoms. The second kappa shape index (κ2) is 9.17. The number of carbonyl (C=O) groups is 2. The van der Waals surface area contributed by atoms with E-state index in [0.29, 0.717) is 41.2 Å². The summed E-state index contributed by atoms with van der Waals surface area (Å²) in [6.07, 6.45) is 2.09. The number of anilines is 2. The number of aromatic nitrogens is 1.